The minimum Gasteiger partial charge on any atom is -0.451 e. The third-order valence-electron chi connectivity index (χ3n) is 3.78. The second-order valence-electron chi connectivity index (χ2n) is 6.11. The van der Waals surface area contributed by atoms with Crippen molar-refractivity contribution in [2.45, 2.75) is 6.92 Å². The van der Waals surface area contributed by atoms with Gasteiger partial charge in [0.2, 0.25) is 5.91 Å². The van der Waals surface area contributed by atoms with Gasteiger partial charge in [0.05, 0.1) is 11.0 Å². The summed E-state index contributed by atoms with van der Waals surface area (Å²) < 4.78 is 5.00. The number of benzene rings is 2. The fourth-order valence-electron chi connectivity index (χ4n) is 2.57. The molecule has 0 saturated heterocycles. The molecule has 0 bridgehead atoms. The highest BCUT2D eigenvalue weighted by molar-refractivity contribution is 6.00. The smallest absolute Gasteiger partial charge is 0.355 e. The van der Waals surface area contributed by atoms with Crippen LogP contribution in [0.15, 0.2) is 59.0 Å². The Bertz CT molecular complexity index is 1140. The Morgan fingerprint density at radius 3 is 2.48 bits per heavy atom. The third kappa shape index (κ3) is 5.42. The molecule has 0 aliphatic carbocycles. The maximum atomic E-state index is 12.3. The summed E-state index contributed by atoms with van der Waals surface area (Å²) in [6.07, 6.45) is 1.46. The van der Waals surface area contributed by atoms with E-state index in [9.17, 15) is 19.2 Å². The lowest BCUT2D eigenvalue weighted by molar-refractivity contribution is -0.144. The second-order valence-corrected chi connectivity index (χ2v) is 6.11. The first-order valence-corrected chi connectivity index (χ1v) is 8.64. The number of esters is 1. The van der Waals surface area contributed by atoms with Crippen molar-refractivity contribution in [3.05, 3.63) is 70.3 Å². The molecule has 0 unspecified atom stereocenters. The van der Waals surface area contributed by atoms with Crippen molar-refractivity contribution >= 4 is 40.6 Å². The van der Waals surface area contributed by atoms with E-state index < -0.39 is 24.4 Å². The number of ether oxygens (including phenoxy) is 1. The van der Waals surface area contributed by atoms with Crippen LogP contribution in [0.2, 0.25) is 0 Å². The van der Waals surface area contributed by atoms with E-state index in [0.29, 0.717) is 22.3 Å². The summed E-state index contributed by atoms with van der Waals surface area (Å²) in [7, 11) is 0. The third-order valence-corrected chi connectivity index (χ3v) is 3.78. The molecule has 0 fully saturated rings. The minimum atomic E-state index is -0.843. The van der Waals surface area contributed by atoms with Gasteiger partial charge in [-0.05, 0) is 29.8 Å². The topological polar surface area (TPSA) is 133 Å². The zero-order chi connectivity index (χ0) is 20.8. The molecule has 0 atom stereocenters. The number of rotatable bonds is 6. The SMILES string of the molecule is CC(=O)N/C(=C\c1ccccc1)C(=O)OCC(=O)Nc1ccc2[nH]c(=O)[nH]c2c1. The maximum absolute atomic E-state index is 12.3. The largest absolute Gasteiger partial charge is 0.451 e. The summed E-state index contributed by atoms with van der Waals surface area (Å²) in [5, 5.41) is 4.97. The fraction of sp³-hybridized carbons (Fsp3) is 0.100. The lowest BCUT2D eigenvalue weighted by atomic mass is 10.2. The van der Waals surface area contributed by atoms with Crippen LogP contribution >= 0.6 is 0 Å². The molecule has 2 amide bonds. The quantitative estimate of drug-likeness (QED) is 0.372. The van der Waals surface area contributed by atoms with Crippen LogP contribution in [0.3, 0.4) is 0 Å². The molecule has 9 nitrogen and oxygen atoms in total. The molecule has 1 aromatic heterocycles. The van der Waals surface area contributed by atoms with Crippen molar-refractivity contribution in [3.8, 4) is 0 Å². The Balaban J connectivity index is 1.63. The number of aromatic amines is 2. The number of nitrogens with one attached hydrogen (secondary N) is 4. The van der Waals surface area contributed by atoms with Gasteiger partial charge in [-0.2, -0.15) is 0 Å². The van der Waals surface area contributed by atoms with E-state index in [0.717, 1.165) is 0 Å². The van der Waals surface area contributed by atoms with Gasteiger partial charge < -0.3 is 25.3 Å². The number of hydrogen-bond acceptors (Lipinski definition) is 5. The van der Waals surface area contributed by atoms with Crippen molar-refractivity contribution in [1.29, 1.82) is 0 Å². The lowest BCUT2D eigenvalue weighted by Crippen LogP contribution is -2.28. The first-order chi connectivity index (χ1) is 13.9. The first-order valence-electron chi connectivity index (χ1n) is 8.64. The summed E-state index contributed by atoms with van der Waals surface area (Å²) in [5.74, 6) is -1.86. The summed E-state index contributed by atoms with van der Waals surface area (Å²) in [5.41, 5.74) is 1.81. The summed E-state index contributed by atoms with van der Waals surface area (Å²) in [6.45, 7) is 0.715. The number of hydrogen-bond donors (Lipinski definition) is 4. The Morgan fingerprint density at radius 1 is 1.03 bits per heavy atom. The molecule has 2 aromatic carbocycles. The van der Waals surface area contributed by atoms with E-state index >= 15 is 0 Å². The van der Waals surface area contributed by atoms with Gasteiger partial charge in [-0.1, -0.05) is 30.3 Å². The van der Waals surface area contributed by atoms with E-state index in [1.807, 2.05) is 6.07 Å². The van der Waals surface area contributed by atoms with Gasteiger partial charge in [-0.15, -0.1) is 0 Å². The van der Waals surface area contributed by atoms with Crippen molar-refractivity contribution in [1.82, 2.24) is 15.3 Å². The minimum absolute atomic E-state index is 0.0807. The molecule has 0 spiro atoms. The molecular formula is C20H18N4O5. The van der Waals surface area contributed by atoms with Crippen LogP contribution in [0.4, 0.5) is 5.69 Å². The predicted octanol–water partition coefficient (Wildman–Crippen LogP) is 1.52. The zero-order valence-electron chi connectivity index (χ0n) is 15.4. The summed E-state index contributed by atoms with van der Waals surface area (Å²) in [6, 6.07) is 13.7. The van der Waals surface area contributed by atoms with Crippen LogP contribution in [0, 0.1) is 0 Å². The van der Waals surface area contributed by atoms with Crippen LogP contribution < -0.4 is 16.3 Å². The number of carbonyl (C=O) groups is 3. The molecule has 0 saturated carbocycles. The number of carbonyl (C=O) groups excluding carboxylic acids is 3. The van der Waals surface area contributed by atoms with Crippen molar-refractivity contribution < 1.29 is 19.1 Å². The average molecular weight is 394 g/mol. The monoisotopic (exact) mass is 394 g/mol. The van der Waals surface area contributed by atoms with Gasteiger partial charge in [0.25, 0.3) is 5.91 Å². The standard InChI is InChI=1S/C20H18N4O5/c1-12(25)21-17(9-13-5-3-2-4-6-13)19(27)29-11-18(26)22-14-7-8-15-16(10-14)24-20(28)23-15/h2-10H,11H2,1H3,(H,21,25)(H,22,26)(H2,23,24,28)/b17-9-. The first kappa shape index (κ1) is 19.6. The molecule has 0 radical (unpaired) electrons. The van der Waals surface area contributed by atoms with E-state index in [-0.39, 0.29) is 11.4 Å². The average Bonchev–Trinajstić information content (AvgIpc) is 3.05. The van der Waals surface area contributed by atoms with Crippen LogP contribution in [-0.2, 0) is 19.1 Å². The van der Waals surface area contributed by atoms with Crippen LogP contribution in [0.1, 0.15) is 12.5 Å². The van der Waals surface area contributed by atoms with Crippen molar-refractivity contribution in [2.24, 2.45) is 0 Å². The van der Waals surface area contributed by atoms with Crippen LogP contribution in [0.5, 0.6) is 0 Å². The van der Waals surface area contributed by atoms with Gasteiger partial charge in [-0.3, -0.25) is 9.59 Å². The number of H-pyrrole nitrogens is 2. The second kappa shape index (κ2) is 8.70. The number of fused-ring (bicyclic) bond motifs is 1. The van der Waals surface area contributed by atoms with E-state index in [1.54, 1.807) is 42.5 Å². The van der Waals surface area contributed by atoms with E-state index in [1.165, 1.54) is 13.0 Å². The molecule has 3 aromatic rings. The van der Waals surface area contributed by atoms with E-state index in [2.05, 4.69) is 20.6 Å². The molecular weight excluding hydrogens is 376 g/mol. The predicted molar refractivity (Wildman–Crippen MR) is 107 cm³/mol. The highest BCUT2D eigenvalue weighted by Gasteiger charge is 2.15. The zero-order valence-corrected chi connectivity index (χ0v) is 15.4. The Morgan fingerprint density at radius 2 is 1.76 bits per heavy atom. The van der Waals surface area contributed by atoms with Crippen LogP contribution in [0.25, 0.3) is 17.1 Å². The number of anilines is 1. The van der Waals surface area contributed by atoms with Crippen molar-refractivity contribution in [2.75, 3.05) is 11.9 Å². The molecule has 29 heavy (non-hydrogen) atoms. The molecule has 4 N–H and O–H groups in total. The molecule has 148 valence electrons. The van der Waals surface area contributed by atoms with Gasteiger partial charge >= 0.3 is 11.7 Å². The molecule has 9 heteroatoms. The summed E-state index contributed by atoms with van der Waals surface area (Å²) >= 11 is 0. The van der Waals surface area contributed by atoms with Gasteiger partial charge in [0, 0.05) is 12.6 Å². The number of amides is 2. The summed E-state index contributed by atoms with van der Waals surface area (Å²) in [4.78, 5) is 52.2. The lowest BCUT2D eigenvalue weighted by Gasteiger charge is -2.10. The molecule has 0 aliphatic heterocycles. The fourth-order valence-corrected chi connectivity index (χ4v) is 2.57. The Hall–Kier alpha value is -4.14. The van der Waals surface area contributed by atoms with Gasteiger partial charge in [0.15, 0.2) is 6.61 Å². The van der Waals surface area contributed by atoms with Gasteiger partial charge in [-0.25, -0.2) is 9.59 Å². The van der Waals surface area contributed by atoms with Crippen LogP contribution in [-0.4, -0.2) is 34.4 Å². The van der Waals surface area contributed by atoms with E-state index in [4.69, 9.17) is 4.74 Å². The molecule has 1 heterocycles. The Labute approximate surface area is 164 Å². The number of imidazole rings is 1. The number of aromatic nitrogens is 2. The maximum Gasteiger partial charge on any atom is 0.355 e. The highest BCUT2D eigenvalue weighted by atomic mass is 16.5. The highest BCUT2D eigenvalue weighted by Crippen LogP contribution is 2.14. The Kier molecular flexibility index (Phi) is 5.88. The van der Waals surface area contributed by atoms with Gasteiger partial charge in [0.1, 0.15) is 5.70 Å². The van der Waals surface area contributed by atoms with Crippen molar-refractivity contribution in [3.63, 3.8) is 0 Å². The molecule has 3 rings (SSSR count). The molecule has 0 aliphatic rings. The normalized spacial score (nSPS) is 11.1.